The van der Waals surface area contributed by atoms with Gasteiger partial charge in [0, 0.05) is 37.3 Å². The van der Waals surface area contributed by atoms with Crippen LogP contribution >= 0.6 is 0 Å². The molecule has 0 radical (unpaired) electrons. The predicted molar refractivity (Wildman–Crippen MR) is 142 cm³/mol. The van der Waals surface area contributed by atoms with Gasteiger partial charge >= 0.3 is 18.5 Å². The van der Waals surface area contributed by atoms with Crippen molar-refractivity contribution in [2.45, 2.75) is 77.2 Å². The number of alkyl halides is 9. The maximum Gasteiger partial charge on any atom is 0.416 e. The Hall–Kier alpha value is -3.59. The third-order valence-electron chi connectivity index (χ3n) is 7.31. The minimum absolute atomic E-state index is 0.00183. The number of aliphatic hydroxyl groups is 1. The van der Waals surface area contributed by atoms with Crippen LogP contribution in [-0.2, 0) is 29.8 Å². The van der Waals surface area contributed by atoms with Crippen molar-refractivity contribution < 1.29 is 49.4 Å². The maximum absolute atomic E-state index is 13.9. The van der Waals surface area contributed by atoms with Gasteiger partial charge in [-0.2, -0.15) is 39.5 Å². The van der Waals surface area contributed by atoms with E-state index in [1.54, 1.807) is 20.8 Å². The van der Waals surface area contributed by atoms with Gasteiger partial charge in [0.25, 0.3) is 0 Å². The van der Waals surface area contributed by atoms with Crippen LogP contribution in [0.3, 0.4) is 0 Å². The Morgan fingerprint density at radius 1 is 0.886 bits per heavy atom. The number of hydrogen-bond donors (Lipinski definition) is 1. The molecule has 1 unspecified atom stereocenters. The third-order valence-corrected chi connectivity index (χ3v) is 7.31. The molecule has 1 aliphatic rings. The quantitative estimate of drug-likeness (QED) is 0.201. The summed E-state index contributed by atoms with van der Waals surface area (Å²) in [6.07, 6.45) is -13.4. The van der Waals surface area contributed by atoms with Gasteiger partial charge in [-0.05, 0) is 79.8 Å². The number of anilines is 2. The average Bonchev–Trinajstić information content (AvgIpc) is 2.94. The smallest absolute Gasteiger partial charge is 0.351 e. The van der Waals surface area contributed by atoms with E-state index in [1.807, 2.05) is 0 Å². The molecule has 0 bridgehead atoms. The number of benzene rings is 2. The molecule has 0 amide bonds. The molecule has 2 aromatic carbocycles. The van der Waals surface area contributed by atoms with E-state index in [1.165, 1.54) is 22.2 Å². The Kier molecular flexibility index (Phi) is 9.40. The lowest BCUT2D eigenvalue weighted by molar-refractivity contribution is -0.143. The molecule has 4 rings (SSSR count). The minimum Gasteiger partial charge on any atom is -0.351 e. The van der Waals surface area contributed by atoms with Gasteiger partial charge in [-0.3, -0.25) is 0 Å². The highest BCUT2D eigenvalue weighted by Crippen LogP contribution is 2.46. The zero-order valence-electron chi connectivity index (χ0n) is 23.7. The van der Waals surface area contributed by atoms with Gasteiger partial charge in [0.1, 0.15) is 0 Å². The Bertz CT molecular complexity index is 1410. The molecule has 0 saturated heterocycles. The summed E-state index contributed by atoms with van der Waals surface area (Å²) in [4.78, 5) is 11.2. The molecule has 2 heterocycles. The van der Waals surface area contributed by atoms with Crippen LogP contribution in [0.25, 0.3) is 0 Å². The standard InChI is InChI=1S/C29H29F9N4O2/c1-4-21-12-24(22-11-18(27(30,31)32)6-7-23(22)42(21)26(43)44-5-2)41(25-39-13-16(3)14-40-25)15-17-8-19(28(33,34)35)10-20(9-17)29(36,37)38/h6-11,13-14,21,24,26,43H,4-5,12,15H2,1-3H3/t21-,24+,26?/m1/s1. The van der Waals surface area contributed by atoms with E-state index in [0.717, 1.165) is 18.2 Å². The van der Waals surface area contributed by atoms with Crippen molar-refractivity contribution >= 4 is 11.6 Å². The lowest BCUT2D eigenvalue weighted by Crippen LogP contribution is -2.50. The largest absolute Gasteiger partial charge is 0.416 e. The van der Waals surface area contributed by atoms with Crippen LogP contribution in [0.4, 0.5) is 51.1 Å². The van der Waals surface area contributed by atoms with E-state index in [-0.39, 0.29) is 36.3 Å². The van der Waals surface area contributed by atoms with E-state index in [9.17, 15) is 44.6 Å². The molecule has 15 heteroatoms. The molecule has 240 valence electrons. The predicted octanol–water partition coefficient (Wildman–Crippen LogP) is 7.89. The number of hydrogen-bond acceptors (Lipinski definition) is 6. The first-order valence-corrected chi connectivity index (χ1v) is 13.6. The number of ether oxygens (including phenoxy) is 1. The number of halogens is 9. The Balaban J connectivity index is 1.95. The fourth-order valence-corrected chi connectivity index (χ4v) is 5.28. The first kappa shape index (κ1) is 33.3. The second kappa shape index (κ2) is 12.4. The first-order chi connectivity index (χ1) is 20.4. The topological polar surface area (TPSA) is 61.7 Å². The molecule has 0 saturated carbocycles. The highest BCUT2D eigenvalue weighted by molar-refractivity contribution is 5.62. The third kappa shape index (κ3) is 7.20. The van der Waals surface area contributed by atoms with Crippen LogP contribution in [0.15, 0.2) is 48.8 Å². The summed E-state index contributed by atoms with van der Waals surface area (Å²) in [6, 6.07) is 2.35. The lowest BCUT2D eigenvalue weighted by atomic mass is 9.87. The number of aryl methyl sites for hydroxylation is 1. The summed E-state index contributed by atoms with van der Waals surface area (Å²) in [5.74, 6) is -0.122. The van der Waals surface area contributed by atoms with Crippen molar-refractivity contribution in [1.82, 2.24) is 9.97 Å². The van der Waals surface area contributed by atoms with Crippen molar-refractivity contribution in [3.8, 4) is 0 Å². The van der Waals surface area contributed by atoms with E-state index in [0.29, 0.717) is 24.1 Å². The number of nitrogens with zero attached hydrogens (tertiary/aromatic N) is 4. The van der Waals surface area contributed by atoms with E-state index >= 15 is 0 Å². The SMILES string of the molecule is CCOC(O)N1c2ccc(C(F)(F)F)cc2[C@@H](N(Cc2cc(C(F)(F)F)cc(C(F)(F)F)c2)c2ncc(C)cn2)C[C@H]1CC. The molecule has 0 spiro atoms. The van der Waals surface area contributed by atoms with Gasteiger partial charge < -0.3 is 19.6 Å². The van der Waals surface area contributed by atoms with Crippen LogP contribution in [-0.4, -0.2) is 34.1 Å². The van der Waals surface area contributed by atoms with Gasteiger partial charge in [0.05, 0.1) is 22.7 Å². The molecule has 3 atom stereocenters. The maximum atomic E-state index is 13.9. The molecular weight excluding hydrogens is 607 g/mol. The number of aliphatic hydroxyl groups excluding tert-OH is 1. The Labute approximate surface area is 247 Å². The van der Waals surface area contributed by atoms with Crippen molar-refractivity contribution in [2.24, 2.45) is 0 Å². The summed E-state index contributed by atoms with van der Waals surface area (Å²) >= 11 is 0. The monoisotopic (exact) mass is 636 g/mol. The first-order valence-electron chi connectivity index (χ1n) is 13.6. The Morgan fingerprint density at radius 3 is 1.95 bits per heavy atom. The van der Waals surface area contributed by atoms with Gasteiger partial charge in [0.2, 0.25) is 12.4 Å². The van der Waals surface area contributed by atoms with Crippen LogP contribution in [0, 0.1) is 6.92 Å². The molecule has 44 heavy (non-hydrogen) atoms. The molecule has 1 aliphatic heterocycles. The normalized spacial score (nSPS) is 18.2. The second-order valence-corrected chi connectivity index (χ2v) is 10.4. The van der Waals surface area contributed by atoms with E-state index in [4.69, 9.17) is 4.74 Å². The zero-order chi connectivity index (χ0) is 32.6. The molecule has 1 N–H and O–H groups in total. The molecule has 1 aromatic heterocycles. The summed E-state index contributed by atoms with van der Waals surface area (Å²) in [5.41, 5.74) is -3.76. The van der Waals surface area contributed by atoms with Crippen molar-refractivity contribution in [2.75, 3.05) is 16.4 Å². The van der Waals surface area contributed by atoms with Crippen molar-refractivity contribution in [3.63, 3.8) is 0 Å². The minimum atomic E-state index is -5.11. The van der Waals surface area contributed by atoms with Gasteiger partial charge in [-0.1, -0.05) is 6.92 Å². The van der Waals surface area contributed by atoms with E-state index < -0.39 is 65.8 Å². The lowest BCUT2D eigenvalue weighted by Gasteiger charge is -2.47. The fraction of sp³-hybridized carbons (Fsp3) is 0.448. The molecular formula is C29H29F9N4O2. The van der Waals surface area contributed by atoms with Crippen molar-refractivity contribution in [1.29, 1.82) is 0 Å². The van der Waals surface area contributed by atoms with Gasteiger partial charge in [0.15, 0.2) is 0 Å². The number of fused-ring (bicyclic) bond motifs is 1. The summed E-state index contributed by atoms with van der Waals surface area (Å²) in [6.45, 7) is 4.50. The number of aromatic nitrogens is 2. The zero-order valence-corrected chi connectivity index (χ0v) is 23.7. The van der Waals surface area contributed by atoms with Crippen LogP contribution in [0.2, 0.25) is 0 Å². The molecule has 6 nitrogen and oxygen atoms in total. The van der Waals surface area contributed by atoms with Crippen molar-refractivity contribution in [3.05, 3.63) is 82.2 Å². The molecule has 0 fully saturated rings. The number of rotatable bonds is 8. The van der Waals surface area contributed by atoms with Gasteiger partial charge in [-0.25, -0.2) is 9.97 Å². The van der Waals surface area contributed by atoms with Crippen LogP contribution < -0.4 is 9.80 Å². The second-order valence-electron chi connectivity index (χ2n) is 10.4. The van der Waals surface area contributed by atoms with E-state index in [2.05, 4.69) is 9.97 Å². The molecule has 0 aliphatic carbocycles. The average molecular weight is 637 g/mol. The summed E-state index contributed by atoms with van der Waals surface area (Å²) in [5, 5.41) is 10.8. The summed E-state index contributed by atoms with van der Waals surface area (Å²) in [7, 11) is 0. The molecule has 3 aromatic rings. The Morgan fingerprint density at radius 2 is 1.45 bits per heavy atom. The van der Waals surface area contributed by atoms with Crippen LogP contribution in [0.1, 0.15) is 66.1 Å². The van der Waals surface area contributed by atoms with Gasteiger partial charge in [-0.15, -0.1) is 0 Å². The summed E-state index contributed by atoms with van der Waals surface area (Å²) < 4.78 is 129. The van der Waals surface area contributed by atoms with Crippen LogP contribution in [0.5, 0.6) is 0 Å². The highest BCUT2D eigenvalue weighted by Gasteiger charge is 2.42. The fourth-order valence-electron chi connectivity index (χ4n) is 5.28. The highest BCUT2D eigenvalue weighted by atomic mass is 19.4.